The van der Waals surface area contributed by atoms with E-state index in [1.807, 2.05) is 0 Å². The average molecular weight is 232 g/mol. The maximum Gasteiger partial charge on any atom is 0.508 e. The number of carboxylic acids is 1. The van der Waals surface area contributed by atoms with E-state index in [1.54, 1.807) is 0 Å². The van der Waals surface area contributed by atoms with Crippen LogP contribution in [0.4, 0.5) is 4.79 Å². The highest BCUT2D eigenvalue weighted by atomic mass is 16.7. The van der Waals surface area contributed by atoms with E-state index in [4.69, 9.17) is 5.11 Å². The molecule has 0 aromatic rings. The average Bonchev–Trinajstić information content (AvgIpc) is 2.19. The van der Waals surface area contributed by atoms with Gasteiger partial charge in [0.05, 0.1) is 13.2 Å². The summed E-state index contributed by atoms with van der Waals surface area (Å²) in [5, 5.41) is 8.30. The summed E-state index contributed by atoms with van der Waals surface area (Å²) < 4.78 is 9.23. The number of carboxylic acid groups (broad SMARTS) is 1. The van der Waals surface area contributed by atoms with E-state index in [0.29, 0.717) is 12.8 Å². The first kappa shape index (κ1) is 14.4. The van der Waals surface area contributed by atoms with Crippen LogP contribution in [0.3, 0.4) is 0 Å². The minimum absolute atomic E-state index is 0.0256. The highest BCUT2D eigenvalue weighted by Gasteiger charge is 2.04. The second-order valence-corrected chi connectivity index (χ2v) is 3.25. The summed E-state index contributed by atoms with van der Waals surface area (Å²) in [5.74, 6) is -0.892. The SMILES string of the molecule is CC(=O)CCCOC(=O)OCCCC(=O)O. The van der Waals surface area contributed by atoms with Crippen molar-refractivity contribution in [3.05, 3.63) is 0 Å². The van der Waals surface area contributed by atoms with Crippen LogP contribution in [0.5, 0.6) is 0 Å². The zero-order chi connectivity index (χ0) is 12.4. The molecule has 0 heterocycles. The number of carbonyl (C=O) groups is 3. The third-order valence-corrected chi connectivity index (χ3v) is 1.65. The van der Waals surface area contributed by atoms with Gasteiger partial charge < -0.3 is 19.4 Å². The molecule has 6 heteroatoms. The summed E-state index contributed by atoms with van der Waals surface area (Å²) in [4.78, 5) is 31.5. The number of rotatable bonds is 8. The highest BCUT2D eigenvalue weighted by molar-refractivity contribution is 5.75. The van der Waals surface area contributed by atoms with Gasteiger partial charge in [-0.1, -0.05) is 0 Å². The number of aliphatic carboxylic acids is 1. The zero-order valence-electron chi connectivity index (χ0n) is 9.23. The smallest absolute Gasteiger partial charge is 0.481 e. The Labute approximate surface area is 93.5 Å². The van der Waals surface area contributed by atoms with Crippen LogP contribution in [0, 0.1) is 0 Å². The second-order valence-electron chi connectivity index (χ2n) is 3.25. The fourth-order valence-corrected chi connectivity index (χ4v) is 0.897. The van der Waals surface area contributed by atoms with Crippen molar-refractivity contribution in [1.29, 1.82) is 0 Å². The lowest BCUT2D eigenvalue weighted by molar-refractivity contribution is -0.137. The molecule has 0 saturated heterocycles. The summed E-state index contributed by atoms with van der Waals surface area (Å²) in [6, 6.07) is 0. The van der Waals surface area contributed by atoms with Crippen molar-refractivity contribution in [1.82, 2.24) is 0 Å². The third-order valence-electron chi connectivity index (χ3n) is 1.65. The van der Waals surface area contributed by atoms with Crippen LogP contribution in [-0.4, -0.2) is 36.2 Å². The summed E-state index contributed by atoms with van der Waals surface area (Å²) in [6.45, 7) is 1.62. The molecular weight excluding hydrogens is 216 g/mol. The molecule has 0 aliphatic carbocycles. The maximum absolute atomic E-state index is 10.9. The Morgan fingerprint density at radius 1 is 1.00 bits per heavy atom. The number of hydrogen-bond donors (Lipinski definition) is 1. The molecule has 0 spiro atoms. The van der Waals surface area contributed by atoms with Crippen molar-refractivity contribution < 1.29 is 29.0 Å². The van der Waals surface area contributed by atoms with Crippen molar-refractivity contribution in [3.8, 4) is 0 Å². The lowest BCUT2D eigenvalue weighted by atomic mass is 10.2. The van der Waals surface area contributed by atoms with Crippen LogP contribution in [0.2, 0.25) is 0 Å². The molecule has 0 aromatic carbocycles. The van der Waals surface area contributed by atoms with Crippen LogP contribution < -0.4 is 0 Å². The van der Waals surface area contributed by atoms with Gasteiger partial charge >= 0.3 is 12.1 Å². The van der Waals surface area contributed by atoms with Gasteiger partial charge in [-0.25, -0.2) is 4.79 Å². The normalized spacial score (nSPS) is 9.56. The summed E-state index contributed by atoms with van der Waals surface area (Å²) >= 11 is 0. The van der Waals surface area contributed by atoms with Gasteiger partial charge in [-0.15, -0.1) is 0 Å². The lowest BCUT2D eigenvalue weighted by Crippen LogP contribution is -2.10. The van der Waals surface area contributed by atoms with Crippen molar-refractivity contribution in [2.75, 3.05) is 13.2 Å². The Kier molecular flexibility index (Phi) is 7.83. The molecule has 0 atom stereocenters. The molecule has 16 heavy (non-hydrogen) atoms. The first-order valence-corrected chi connectivity index (χ1v) is 5.03. The van der Waals surface area contributed by atoms with Gasteiger partial charge in [0, 0.05) is 12.8 Å². The Morgan fingerprint density at radius 2 is 1.50 bits per heavy atom. The standard InChI is InChI=1S/C10H16O6/c1-8(11)4-2-6-15-10(14)16-7-3-5-9(12)13/h2-7H2,1H3,(H,12,13). The summed E-state index contributed by atoms with van der Waals surface area (Å²) in [6.07, 6.45) is 0.232. The van der Waals surface area contributed by atoms with Crippen molar-refractivity contribution in [2.45, 2.75) is 32.6 Å². The van der Waals surface area contributed by atoms with E-state index >= 15 is 0 Å². The van der Waals surface area contributed by atoms with Crippen molar-refractivity contribution >= 4 is 17.9 Å². The van der Waals surface area contributed by atoms with Gasteiger partial charge in [0.1, 0.15) is 5.78 Å². The van der Waals surface area contributed by atoms with Gasteiger partial charge in [0.25, 0.3) is 0 Å². The van der Waals surface area contributed by atoms with Crippen molar-refractivity contribution in [3.63, 3.8) is 0 Å². The summed E-state index contributed by atoms with van der Waals surface area (Å²) in [5.41, 5.74) is 0. The van der Waals surface area contributed by atoms with Crippen LogP contribution >= 0.6 is 0 Å². The molecule has 0 aliphatic heterocycles. The van der Waals surface area contributed by atoms with E-state index in [1.165, 1.54) is 6.92 Å². The van der Waals surface area contributed by atoms with Gasteiger partial charge in [-0.05, 0) is 19.8 Å². The minimum Gasteiger partial charge on any atom is -0.481 e. The predicted molar refractivity (Wildman–Crippen MR) is 54.1 cm³/mol. The molecule has 0 aliphatic rings. The molecule has 0 rings (SSSR count). The summed E-state index contributed by atoms with van der Waals surface area (Å²) in [7, 11) is 0. The van der Waals surface area contributed by atoms with Gasteiger partial charge in [-0.2, -0.15) is 0 Å². The molecule has 0 bridgehead atoms. The number of ketones is 1. The molecule has 6 nitrogen and oxygen atoms in total. The molecule has 0 fully saturated rings. The molecule has 0 saturated carbocycles. The third kappa shape index (κ3) is 10.5. The largest absolute Gasteiger partial charge is 0.508 e. The molecule has 0 radical (unpaired) electrons. The van der Waals surface area contributed by atoms with Gasteiger partial charge in [0.15, 0.2) is 0 Å². The number of carbonyl (C=O) groups excluding carboxylic acids is 2. The van der Waals surface area contributed by atoms with Crippen LogP contribution in [-0.2, 0) is 19.1 Å². The Balaban J connectivity index is 3.31. The van der Waals surface area contributed by atoms with Gasteiger partial charge in [0.2, 0.25) is 0 Å². The Morgan fingerprint density at radius 3 is 1.94 bits per heavy atom. The molecule has 1 N–H and O–H groups in total. The molecule has 92 valence electrons. The zero-order valence-corrected chi connectivity index (χ0v) is 9.23. The predicted octanol–water partition coefficient (Wildman–Crippen LogP) is 1.37. The Hall–Kier alpha value is -1.59. The number of ether oxygens (including phenoxy) is 2. The first-order valence-electron chi connectivity index (χ1n) is 5.03. The lowest BCUT2D eigenvalue weighted by Gasteiger charge is -2.04. The van der Waals surface area contributed by atoms with E-state index < -0.39 is 12.1 Å². The van der Waals surface area contributed by atoms with Crippen molar-refractivity contribution in [2.24, 2.45) is 0 Å². The van der Waals surface area contributed by atoms with Crippen LogP contribution in [0.1, 0.15) is 32.6 Å². The monoisotopic (exact) mass is 232 g/mol. The van der Waals surface area contributed by atoms with Crippen LogP contribution in [0.15, 0.2) is 0 Å². The van der Waals surface area contributed by atoms with E-state index in [0.717, 1.165) is 0 Å². The number of Topliss-reactive ketones (excluding diaryl/α,β-unsaturated/α-hetero) is 1. The van der Waals surface area contributed by atoms with Crippen LogP contribution in [0.25, 0.3) is 0 Å². The second kappa shape index (κ2) is 8.70. The Bertz CT molecular complexity index is 224. The fourth-order valence-electron chi connectivity index (χ4n) is 0.897. The quantitative estimate of drug-likeness (QED) is 0.502. The molecular formula is C10H16O6. The van der Waals surface area contributed by atoms with E-state index in [9.17, 15) is 14.4 Å². The topological polar surface area (TPSA) is 89.9 Å². The maximum atomic E-state index is 10.9. The van der Waals surface area contributed by atoms with E-state index in [-0.39, 0.29) is 31.8 Å². The number of hydrogen-bond acceptors (Lipinski definition) is 5. The van der Waals surface area contributed by atoms with E-state index in [2.05, 4.69) is 9.47 Å². The molecule has 0 unspecified atom stereocenters. The minimum atomic E-state index is -0.932. The first-order chi connectivity index (χ1) is 7.52. The fraction of sp³-hybridized carbons (Fsp3) is 0.700. The molecule has 0 aromatic heterocycles. The molecule has 0 amide bonds. The van der Waals surface area contributed by atoms with Gasteiger partial charge in [-0.3, -0.25) is 4.79 Å². The highest BCUT2D eigenvalue weighted by Crippen LogP contribution is 1.96.